The molecule has 0 fully saturated rings. The third-order valence-electron chi connectivity index (χ3n) is 3.63. The molecule has 10 heteroatoms. The number of nitrogens with two attached hydrogens (primary N) is 1. The van der Waals surface area contributed by atoms with E-state index in [-0.39, 0.29) is 11.5 Å². The number of non-ortho nitro benzene ring substituents is 2. The topological polar surface area (TPSA) is 158 Å². The number of primary amides is 1. The molecule has 0 saturated heterocycles. The molecule has 0 heterocycles. The minimum absolute atomic E-state index is 0.306. The van der Waals surface area contributed by atoms with Crippen molar-refractivity contribution in [2.75, 3.05) is 0 Å². The second kappa shape index (κ2) is 6.38. The molecular formula is C13H16N4O6. The molecule has 0 saturated carbocycles. The number of hydrogen-bond donors (Lipinski definition) is 2. The van der Waals surface area contributed by atoms with Crippen molar-refractivity contribution >= 4 is 23.2 Å². The van der Waals surface area contributed by atoms with Crippen molar-refractivity contribution in [2.45, 2.75) is 26.3 Å². The number of carbonyl (C=O) groups excluding carboxylic acids is 2. The van der Waals surface area contributed by atoms with Gasteiger partial charge in [-0.05, 0) is 12.8 Å². The SMILES string of the molecule is CC(C)C(C)(NC(=O)c1cc([N+](=O)[O-])cc([N+](=O)[O-])c1)C(N)=O. The van der Waals surface area contributed by atoms with E-state index in [2.05, 4.69) is 5.32 Å². The van der Waals surface area contributed by atoms with Crippen LogP contribution in [0.3, 0.4) is 0 Å². The fourth-order valence-corrected chi connectivity index (χ4v) is 1.74. The lowest BCUT2D eigenvalue weighted by atomic mass is 9.87. The van der Waals surface area contributed by atoms with Crippen LogP contribution in [0.1, 0.15) is 31.1 Å². The first-order chi connectivity index (χ1) is 10.5. The van der Waals surface area contributed by atoms with Gasteiger partial charge in [0.1, 0.15) is 5.54 Å². The van der Waals surface area contributed by atoms with Crippen LogP contribution >= 0.6 is 0 Å². The van der Waals surface area contributed by atoms with E-state index in [1.807, 2.05) is 0 Å². The molecule has 1 rings (SSSR count). The van der Waals surface area contributed by atoms with Gasteiger partial charge in [0.25, 0.3) is 17.3 Å². The molecule has 0 spiro atoms. The minimum atomic E-state index is -1.41. The van der Waals surface area contributed by atoms with Gasteiger partial charge in [0, 0.05) is 12.1 Å². The minimum Gasteiger partial charge on any atom is -0.368 e. The number of nitrogens with one attached hydrogen (secondary N) is 1. The fourth-order valence-electron chi connectivity index (χ4n) is 1.74. The second-order valence-corrected chi connectivity index (χ2v) is 5.43. The molecule has 0 aliphatic rings. The Bertz CT molecular complexity index is 655. The molecular weight excluding hydrogens is 308 g/mol. The van der Waals surface area contributed by atoms with Crippen LogP contribution in [0.25, 0.3) is 0 Å². The van der Waals surface area contributed by atoms with Gasteiger partial charge in [0.05, 0.1) is 21.5 Å². The van der Waals surface area contributed by atoms with Crippen molar-refractivity contribution in [1.29, 1.82) is 0 Å². The molecule has 3 N–H and O–H groups in total. The average molecular weight is 324 g/mol. The van der Waals surface area contributed by atoms with Crippen LogP contribution in [0.15, 0.2) is 18.2 Å². The van der Waals surface area contributed by atoms with Crippen LogP contribution in [0.2, 0.25) is 0 Å². The van der Waals surface area contributed by atoms with Gasteiger partial charge in [-0.2, -0.15) is 0 Å². The monoisotopic (exact) mass is 324 g/mol. The molecule has 0 radical (unpaired) electrons. The fraction of sp³-hybridized carbons (Fsp3) is 0.385. The van der Waals surface area contributed by atoms with Gasteiger partial charge < -0.3 is 11.1 Å². The van der Waals surface area contributed by atoms with Crippen molar-refractivity contribution in [3.8, 4) is 0 Å². The highest BCUT2D eigenvalue weighted by Gasteiger charge is 2.37. The van der Waals surface area contributed by atoms with Gasteiger partial charge in [0.2, 0.25) is 5.91 Å². The summed E-state index contributed by atoms with van der Waals surface area (Å²) in [6.45, 7) is 4.71. The zero-order valence-electron chi connectivity index (χ0n) is 12.7. The van der Waals surface area contributed by atoms with E-state index in [1.165, 1.54) is 6.92 Å². The van der Waals surface area contributed by atoms with Gasteiger partial charge >= 0.3 is 0 Å². The summed E-state index contributed by atoms with van der Waals surface area (Å²) >= 11 is 0. The van der Waals surface area contributed by atoms with Crippen molar-refractivity contribution in [3.63, 3.8) is 0 Å². The van der Waals surface area contributed by atoms with Gasteiger partial charge in [-0.25, -0.2) is 0 Å². The first kappa shape index (κ1) is 18.0. The number of hydrogen-bond acceptors (Lipinski definition) is 6. The molecule has 2 amide bonds. The van der Waals surface area contributed by atoms with E-state index in [4.69, 9.17) is 5.73 Å². The Hall–Kier alpha value is -3.04. The summed E-state index contributed by atoms with van der Waals surface area (Å²) in [5.74, 6) is -2.02. The third-order valence-corrected chi connectivity index (χ3v) is 3.63. The van der Waals surface area contributed by atoms with Crippen LogP contribution in [0.5, 0.6) is 0 Å². The number of amides is 2. The highest BCUT2D eigenvalue weighted by molar-refractivity contribution is 5.99. The predicted octanol–water partition coefficient (Wildman–Crippen LogP) is 1.13. The Balaban J connectivity index is 3.29. The lowest BCUT2D eigenvalue weighted by molar-refractivity contribution is -0.394. The van der Waals surface area contributed by atoms with E-state index in [0.717, 1.165) is 18.2 Å². The number of carbonyl (C=O) groups is 2. The maximum Gasteiger partial charge on any atom is 0.277 e. The second-order valence-electron chi connectivity index (χ2n) is 5.43. The Kier molecular flexibility index (Phi) is 5.00. The third kappa shape index (κ3) is 3.78. The quantitative estimate of drug-likeness (QED) is 0.589. The normalized spacial score (nSPS) is 13.2. The number of benzene rings is 1. The zero-order valence-corrected chi connectivity index (χ0v) is 12.7. The molecule has 0 aliphatic carbocycles. The number of nitrogens with zero attached hydrogens (tertiary/aromatic N) is 2. The summed E-state index contributed by atoms with van der Waals surface area (Å²) in [7, 11) is 0. The van der Waals surface area contributed by atoms with Crippen molar-refractivity contribution in [2.24, 2.45) is 11.7 Å². The molecule has 1 aromatic rings. The lowest BCUT2D eigenvalue weighted by Crippen LogP contribution is -2.58. The van der Waals surface area contributed by atoms with E-state index in [0.29, 0.717) is 0 Å². The van der Waals surface area contributed by atoms with Gasteiger partial charge in [-0.1, -0.05) is 13.8 Å². The van der Waals surface area contributed by atoms with Crippen molar-refractivity contribution in [3.05, 3.63) is 44.0 Å². The average Bonchev–Trinajstić information content (AvgIpc) is 2.45. The van der Waals surface area contributed by atoms with Gasteiger partial charge in [-0.3, -0.25) is 29.8 Å². The summed E-state index contributed by atoms with van der Waals surface area (Å²) in [5.41, 5.74) is 2.37. The van der Waals surface area contributed by atoms with Crippen LogP contribution in [0, 0.1) is 26.1 Å². The van der Waals surface area contributed by atoms with E-state index in [1.54, 1.807) is 13.8 Å². The predicted molar refractivity (Wildman–Crippen MR) is 79.7 cm³/mol. The summed E-state index contributed by atoms with van der Waals surface area (Å²) in [6.07, 6.45) is 0. The summed E-state index contributed by atoms with van der Waals surface area (Å²) in [5, 5.41) is 24.0. The van der Waals surface area contributed by atoms with Crippen LogP contribution in [0.4, 0.5) is 11.4 Å². The molecule has 10 nitrogen and oxygen atoms in total. The highest BCUT2D eigenvalue weighted by Crippen LogP contribution is 2.24. The molecule has 23 heavy (non-hydrogen) atoms. The Morgan fingerprint density at radius 2 is 1.57 bits per heavy atom. The smallest absolute Gasteiger partial charge is 0.277 e. The van der Waals surface area contributed by atoms with Crippen LogP contribution in [-0.4, -0.2) is 27.2 Å². The highest BCUT2D eigenvalue weighted by atomic mass is 16.6. The zero-order chi connectivity index (χ0) is 17.9. The number of rotatable bonds is 6. The summed E-state index contributed by atoms with van der Waals surface area (Å²) < 4.78 is 0. The van der Waals surface area contributed by atoms with Gasteiger partial charge in [-0.15, -0.1) is 0 Å². The maximum absolute atomic E-state index is 12.3. The van der Waals surface area contributed by atoms with E-state index < -0.39 is 38.6 Å². The maximum atomic E-state index is 12.3. The first-order valence-electron chi connectivity index (χ1n) is 6.55. The van der Waals surface area contributed by atoms with Crippen molar-refractivity contribution < 1.29 is 19.4 Å². The molecule has 0 aromatic heterocycles. The Labute approximate surface area is 131 Å². The van der Waals surface area contributed by atoms with E-state index in [9.17, 15) is 29.8 Å². The van der Waals surface area contributed by atoms with Crippen molar-refractivity contribution in [1.82, 2.24) is 5.32 Å². The van der Waals surface area contributed by atoms with Crippen LogP contribution in [-0.2, 0) is 4.79 Å². The Morgan fingerprint density at radius 3 is 1.87 bits per heavy atom. The summed E-state index contributed by atoms with van der Waals surface area (Å²) in [6, 6.07) is 2.53. The van der Waals surface area contributed by atoms with Crippen LogP contribution < -0.4 is 11.1 Å². The number of nitro benzene ring substituents is 2. The standard InChI is InChI=1S/C13H16N4O6/c1-7(2)13(3,12(14)19)15-11(18)8-4-9(16(20)21)6-10(5-8)17(22)23/h4-7H,1-3H3,(H2,14,19)(H,15,18). The number of nitro groups is 2. The Morgan fingerprint density at radius 1 is 1.13 bits per heavy atom. The first-order valence-corrected chi connectivity index (χ1v) is 6.55. The molecule has 124 valence electrons. The molecule has 1 atom stereocenters. The largest absolute Gasteiger partial charge is 0.368 e. The molecule has 1 unspecified atom stereocenters. The lowest BCUT2D eigenvalue weighted by Gasteiger charge is -2.31. The molecule has 0 bridgehead atoms. The summed E-state index contributed by atoms with van der Waals surface area (Å²) in [4.78, 5) is 43.8. The van der Waals surface area contributed by atoms with E-state index >= 15 is 0 Å². The molecule has 1 aromatic carbocycles. The molecule has 0 aliphatic heterocycles. The van der Waals surface area contributed by atoms with Gasteiger partial charge in [0.15, 0.2) is 0 Å².